The molecule has 0 spiro atoms. The Labute approximate surface area is 123 Å². The largest absolute Gasteiger partial charge is 0.455 e. The van der Waals surface area contributed by atoms with Gasteiger partial charge in [0.25, 0.3) is 0 Å². The lowest BCUT2D eigenvalue weighted by Gasteiger charge is -2.06. The first kappa shape index (κ1) is 12.9. The van der Waals surface area contributed by atoms with E-state index >= 15 is 0 Å². The highest BCUT2D eigenvalue weighted by Crippen LogP contribution is 2.34. The Bertz CT molecular complexity index is 768. The third-order valence-corrected chi connectivity index (χ3v) is 3.91. The van der Waals surface area contributed by atoms with Crippen LogP contribution in [-0.2, 0) is 0 Å². The van der Waals surface area contributed by atoms with Crippen molar-refractivity contribution in [2.75, 3.05) is 0 Å². The number of oxime groups is 1. The topological polar surface area (TPSA) is 54.7 Å². The van der Waals surface area contributed by atoms with Crippen LogP contribution in [-0.4, -0.2) is 16.4 Å². The number of hydrogen-bond acceptors (Lipinski definition) is 5. The average Bonchev–Trinajstić information content (AvgIpc) is 2.85. The van der Waals surface area contributed by atoms with Gasteiger partial charge in [-0.25, -0.2) is 0 Å². The van der Waals surface area contributed by atoms with Crippen molar-refractivity contribution in [3.05, 3.63) is 52.6 Å². The molecule has 0 amide bonds. The van der Waals surface area contributed by atoms with Gasteiger partial charge >= 0.3 is 0 Å². The SMILES string of the molecule is ON=Cc1cc2c(Oc3ccc(Cl)cc3)cncc2s1. The van der Waals surface area contributed by atoms with Crippen molar-refractivity contribution < 1.29 is 9.94 Å². The molecule has 3 rings (SSSR count). The lowest BCUT2D eigenvalue weighted by molar-refractivity contribution is 0.322. The van der Waals surface area contributed by atoms with Gasteiger partial charge in [-0.2, -0.15) is 0 Å². The Morgan fingerprint density at radius 2 is 2.05 bits per heavy atom. The molecule has 0 unspecified atom stereocenters. The summed E-state index contributed by atoms with van der Waals surface area (Å²) in [5.41, 5.74) is 0. The molecule has 0 aliphatic rings. The maximum Gasteiger partial charge on any atom is 0.154 e. The second-order valence-electron chi connectivity index (χ2n) is 4.00. The molecule has 0 aliphatic heterocycles. The zero-order valence-corrected chi connectivity index (χ0v) is 11.7. The second kappa shape index (κ2) is 5.48. The molecule has 0 saturated carbocycles. The zero-order valence-electron chi connectivity index (χ0n) is 10.2. The number of fused-ring (bicyclic) bond motifs is 1. The third kappa shape index (κ3) is 2.59. The van der Waals surface area contributed by atoms with Gasteiger partial charge in [0.15, 0.2) is 5.75 Å². The Balaban J connectivity index is 2.00. The number of thiophene rings is 1. The van der Waals surface area contributed by atoms with Gasteiger partial charge < -0.3 is 9.94 Å². The predicted octanol–water partition coefficient (Wildman–Crippen LogP) is 4.55. The van der Waals surface area contributed by atoms with Crippen LogP contribution >= 0.6 is 22.9 Å². The Morgan fingerprint density at radius 3 is 2.80 bits per heavy atom. The fraction of sp³-hybridized carbons (Fsp3) is 0. The summed E-state index contributed by atoms with van der Waals surface area (Å²) < 4.78 is 6.78. The Morgan fingerprint density at radius 1 is 1.25 bits per heavy atom. The maximum absolute atomic E-state index is 8.59. The van der Waals surface area contributed by atoms with E-state index in [1.54, 1.807) is 36.7 Å². The van der Waals surface area contributed by atoms with E-state index in [-0.39, 0.29) is 0 Å². The van der Waals surface area contributed by atoms with E-state index in [1.807, 2.05) is 6.07 Å². The van der Waals surface area contributed by atoms with Crippen molar-refractivity contribution in [1.29, 1.82) is 0 Å². The summed E-state index contributed by atoms with van der Waals surface area (Å²) in [5, 5.41) is 13.2. The molecule has 4 nitrogen and oxygen atoms in total. The van der Waals surface area contributed by atoms with Gasteiger partial charge in [-0.1, -0.05) is 16.8 Å². The summed E-state index contributed by atoms with van der Waals surface area (Å²) in [4.78, 5) is 4.98. The van der Waals surface area contributed by atoms with Gasteiger partial charge in [-0.05, 0) is 30.3 Å². The summed E-state index contributed by atoms with van der Waals surface area (Å²) in [6.45, 7) is 0. The van der Waals surface area contributed by atoms with Crippen molar-refractivity contribution in [2.24, 2.45) is 5.16 Å². The Hall–Kier alpha value is -2.11. The maximum atomic E-state index is 8.59. The third-order valence-electron chi connectivity index (χ3n) is 2.66. The highest BCUT2D eigenvalue weighted by Gasteiger charge is 2.08. The predicted molar refractivity (Wildman–Crippen MR) is 80.5 cm³/mol. The summed E-state index contributed by atoms with van der Waals surface area (Å²) in [6.07, 6.45) is 4.80. The first-order valence-corrected chi connectivity index (χ1v) is 6.94. The molecule has 0 radical (unpaired) electrons. The van der Waals surface area contributed by atoms with Crippen LogP contribution < -0.4 is 4.74 Å². The highest BCUT2D eigenvalue weighted by molar-refractivity contribution is 7.20. The molecule has 20 heavy (non-hydrogen) atoms. The van der Waals surface area contributed by atoms with Gasteiger partial charge in [0.2, 0.25) is 0 Å². The van der Waals surface area contributed by atoms with Crippen LogP contribution in [0, 0.1) is 0 Å². The summed E-state index contributed by atoms with van der Waals surface area (Å²) >= 11 is 7.32. The van der Waals surface area contributed by atoms with Gasteiger partial charge in [0.1, 0.15) is 5.75 Å². The minimum atomic E-state index is 0.652. The molecule has 0 saturated heterocycles. The van der Waals surface area contributed by atoms with Gasteiger partial charge in [0.05, 0.1) is 22.0 Å². The van der Waals surface area contributed by atoms with Crippen molar-refractivity contribution in [3.63, 3.8) is 0 Å². The quantitative estimate of drug-likeness (QED) is 0.439. The zero-order chi connectivity index (χ0) is 13.9. The smallest absolute Gasteiger partial charge is 0.154 e. The van der Waals surface area contributed by atoms with Crippen molar-refractivity contribution in [1.82, 2.24) is 4.98 Å². The van der Waals surface area contributed by atoms with Crippen molar-refractivity contribution >= 4 is 39.2 Å². The molecular formula is C14H9ClN2O2S. The number of aromatic nitrogens is 1. The molecule has 3 aromatic rings. The van der Waals surface area contributed by atoms with Crippen molar-refractivity contribution in [2.45, 2.75) is 0 Å². The molecule has 1 aromatic carbocycles. The number of pyridine rings is 1. The number of ether oxygens (including phenoxy) is 1. The van der Waals surface area contributed by atoms with Crippen LogP contribution in [0.4, 0.5) is 0 Å². The molecule has 0 atom stereocenters. The van der Waals surface area contributed by atoms with Crippen LogP contribution in [0.5, 0.6) is 11.5 Å². The normalized spacial score (nSPS) is 11.2. The first-order valence-electron chi connectivity index (χ1n) is 5.74. The number of rotatable bonds is 3. The van der Waals surface area contributed by atoms with E-state index in [9.17, 15) is 0 Å². The van der Waals surface area contributed by atoms with E-state index in [1.165, 1.54) is 17.6 Å². The minimum Gasteiger partial charge on any atom is -0.455 e. The van der Waals surface area contributed by atoms with Gasteiger partial charge in [-0.15, -0.1) is 11.3 Å². The van der Waals surface area contributed by atoms with Gasteiger partial charge in [-0.3, -0.25) is 4.98 Å². The van der Waals surface area contributed by atoms with Crippen molar-refractivity contribution in [3.8, 4) is 11.5 Å². The fourth-order valence-electron chi connectivity index (χ4n) is 1.79. The van der Waals surface area contributed by atoms with Crippen LogP contribution in [0.25, 0.3) is 10.1 Å². The first-order chi connectivity index (χ1) is 9.76. The van der Waals surface area contributed by atoms with E-state index < -0.39 is 0 Å². The summed E-state index contributed by atoms with van der Waals surface area (Å²) in [7, 11) is 0. The molecule has 0 aliphatic carbocycles. The molecule has 100 valence electrons. The van der Waals surface area contributed by atoms with E-state index in [2.05, 4.69) is 10.1 Å². The summed E-state index contributed by atoms with van der Waals surface area (Å²) in [5.74, 6) is 1.34. The number of hydrogen-bond donors (Lipinski definition) is 1. The van der Waals surface area contributed by atoms with Crippen LogP contribution in [0.1, 0.15) is 4.88 Å². The second-order valence-corrected chi connectivity index (χ2v) is 5.55. The molecule has 0 fully saturated rings. The molecule has 2 aromatic heterocycles. The lowest BCUT2D eigenvalue weighted by atomic mass is 10.3. The van der Waals surface area contributed by atoms with Crippen LogP contribution in [0.3, 0.4) is 0 Å². The Kier molecular flexibility index (Phi) is 3.54. The van der Waals surface area contributed by atoms with E-state index in [0.29, 0.717) is 16.5 Å². The fourth-order valence-corrected chi connectivity index (χ4v) is 2.83. The molecule has 0 bridgehead atoms. The monoisotopic (exact) mass is 304 g/mol. The molecule has 6 heteroatoms. The molecule has 2 heterocycles. The number of halogens is 1. The van der Waals surface area contributed by atoms with Crippen LogP contribution in [0.2, 0.25) is 5.02 Å². The van der Waals surface area contributed by atoms with E-state index in [0.717, 1.165) is 15.0 Å². The molecular weight excluding hydrogens is 296 g/mol. The minimum absolute atomic E-state index is 0.652. The summed E-state index contributed by atoms with van der Waals surface area (Å²) in [6, 6.07) is 9.02. The van der Waals surface area contributed by atoms with Gasteiger partial charge in [0, 0.05) is 16.6 Å². The highest BCUT2D eigenvalue weighted by atomic mass is 35.5. The van der Waals surface area contributed by atoms with Crippen LogP contribution in [0.15, 0.2) is 47.9 Å². The number of benzene rings is 1. The standard InChI is InChI=1S/C14H9ClN2O2S/c15-9-1-3-10(4-2-9)19-13-7-16-8-14-12(13)5-11(20-14)6-17-18/h1-8,18H. The average molecular weight is 305 g/mol. The molecule has 1 N–H and O–H groups in total. The number of nitrogens with zero attached hydrogens (tertiary/aromatic N) is 2. The lowest BCUT2D eigenvalue weighted by Crippen LogP contribution is -1.85. The van der Waals surface area contributed by atoms with E-state index in [4.69, 9.17) is 21.5 Å².